The second-order valence-electron chi connectivity index (χ2n) is 5.22. The van der Waals surface area contributed by atoms with Crippen molar-refractivity contribution in [2.45, 2.75) is 13.8 Å². The summed E-state index contributed by atoms with van der Waals surface area (Å²) in [7, 11) is 0. The van der Waals surface area contributed by atoms with Crippen LogP contribution in [0.5, 0.6) is 5.75 Å². The number of amides is 1. The van der Waals surface area contributed by atoms with Crippen LogP contribution in [0, 0.1) is 0 Å². The zero-order chi connectivity index (χ0) is 16.2. The van der Waals surface area contributed by atoms with E-state index in [0.717, 1.165) is 33.6 Å². The molecule has 0 saturated heterocycles. The first kappa shape index (κ1) is 15.0. The number of benzene rings is 2. The van der Waals surface area contributed by atoms with Crippen molar-refractivity contribution in [2.75, 3.05) is 11.9 Å². The number of fused-ring (bicyclic) bond motifs is 1. The molecule has 0 unspecified atom stereocenters. The van der Waals surface area contributed by atoms with Crippen LogP contribution >= 0.6 is 0 Å². The topological polar surface area (TPSA) is 51.2 Å². The van der Waals surface area contributed by atoms with Gasteiger partial charge in [-0.3, -0.25) is 4.79 Å². The summed E-state index contributed by atoms with van der Waals surface area (Å²) in [6, 6.07) is 17.6. The highest BCUT2D eigenvalue weighted by atomic mass is 16.5. The average Bonchev–Trinajstić information content (AvgIpc) is 2.55. The van der Waals surface area contributed by atoms with Gasteiger partial charge in [0.05, 0.1) is 17.8 Å². The predicted molar refractivity (Wildman–Crippen MR) is 92.7 cm³/mol. The number of carbonyl (C=O) groups is 1. The third-order valence-corrected chi connectivity index (χ3v) is 3.46. The molecule has 3 rings (SSSR count). The van der Waals surface area contributed by atoms with E-state index in [9.17, 15) is 4.79 Å². The highest BCUT2D eigenvalue weighted by Crippen LogP contribution is 2.31. The van der Waals surface area contributed by atoms with Gasteiger partial charge in [0, 0.05) is 29.6 Å². The summed E-state index contributed by atoms with van der Waals surface area (Å²) in [6.07, 6.45) is 0. The zero-order valence-corrected chi connectivity index (χ0v) is 13.2. The van der Waals surface area contributed by atoms with E-state index in [-0.39, 0.29) is 5.91 Å². The maximum Gasteiger partial charge on any atom is 0.221 e. The van der Waals surface area contributed by atoms with Crippen molar-refractivity contribution in [2.24, 2.45) is 0 Å². The van der Waals surface area contributed by atoms with E-state index < -0.39 is 0 Å². The summed E-state index contributed by atoms with van der Waals surface area (Å²) < 4.78 is 5.79. The van der Waals surface area contributed by atoms with Gasteiger partial charge in [0.25, 0.3) is 0 Å². The molecule has 0 spiro atoms. The van der Waals surface area contributed by atoms with Crippen molar-refractivity contribution in [3.8, 4) is 17.0 Å². The lowest BCUT2D eigenvalue weighted by Gasteiger charge is -2.12. The van der Waals surface area contributed by atoms with Crippen LogP contribution in [0.25, 0.3) is 22.2 Å². The van der Waals surface area contributed by atoms with Gasteiger partial charge in [0.15, 0.2) is 0 Å². The molecule has 0 bridgehead atoms. The van der Waals surface area contributed by atoms with Gasteiger partial charge in [-0.05, 0) is 25.1 Å². The third-order valence-electron chi connectivity index (χ3n) is 3.46. The number of ether oxygens (including phenoxy) is 1. The quantitative estimate of drug-likeness (QED) is 0.783. The standard InChI is InChI=1S/C19H18N2O2/c1-3-23-19-12-18(14-7-5-4-6-8-14)21-17-10-9-15(11-16(17)19)20-13(2)22/h4-12H,3H2,1-2H3,(H,20,22). The molecular weight excluding hydrogens is 288 g/mol. The van der Waals surface area contributed by atoms with Crippen LogP contribution in [-0.4, -0.2) is 17.5 Å². The minimum atomic E-state index is -0.101. The largest absolute Gasteiger partial charge is 0.493 e. The molecule has 23 heavy (non-hydrogen) atoms. The molecule has 1 aromatic heterocycles. The molecule has 4 nitrogen and oxygen atoms in total. The number of carbonyl (C=O) groups excluding carboxylic acids is 1. The Kier molecular flexibility index (Phi) is 4.24. The third kappa shape index (κ3) is 3.31. The Morgan fingerprint density at radius 1 is 1.13 bits per heavy atom. The Bertz CT molecular complexity index is 845. The lowest BCUT2D eigenvalue weighted by atomic mass is 10.1. The highest BCUT2D eigenvalue weighted by molar-refractivity contribution is 5.95. The normalized spacial score (nSPS) is 10.5. The lowest BCUT2D eigenvalue weighted by molar-refractivity contribution is -0.114. The fourth-order valence-electron chi connectivity index (χ4n) is 2.51. The van der Waals surface area contributed by atoms with Crippen molar-refractivity contribution in [3.05, 3.63) is 54.6 Å². The Balaban J connectivity index is 2.15. The van der Waals surface area contributed by atoms with Crippen LogP contribution in [0.2, 0.25) is 0 Å². The summed E-state index contributed by atoms with van der Waals surface area (Å²) in [5.74, 6) is 0.666. The maximum atomic E-state index is 11.2. The molecule has 1 heterocycles. The van der Waals surface area contributed by atoms with E-state index in [0.29, 0.717) is 6.61 Å². The van der Waals surface area contributed by atoms with Crippen LogP contribution < -0.4 is 10.1 Å². The highest BCUT2D eigenvalue weighted by Gasteiger charge is 2.10. The minimum absolute atomic E-state index is 0.101. The fraction of sp³-hybridized carbons (Fsp3) is 0.158. The second kappa shape index (κ2) is 6.48. The van der Waals surface area contributed by atoms with E-state index in [2.05, 4.69) is 5.32 Å². The van der Waals surface area contributed by atoms with E-state index >= 15 is 0 Å². The molecule has 0 saturated carbocycles. The smallest absolute Gasteiger partial charge is 0.221 e. The predicted octanol–water partition coefficient (Wildman–Crippen LogP) is 4.26. The molecule has 0 radical (unpaired) electrons. The van der Waals surface area contributed by atoms with E-state index in [1.165, 1.54) is 6.92 Å². The van der Waals surface area contributed by atoms with E-state index in [1.807, 2.05) is 61.5 Å². The number of nitrogens with zero attached hydrogens (tertiary/aromatic N) is 1. The lowest BCUT2D eigenvalue weighted by Crippen LogP contribution is -2.05. The molecule has 2 aromatic carbocycles. The Morgan fingerprint density at radius 3 is 2.61 bits per heavy atom. The average molecular weight is 306 g/mol. The fourth-order valence-corrected chi connectivity index (χ4v) is 2.51. The summed E-state index contributed by atoms with van der Waals surface area (Å²) in [4.78, 5) is 16.0. The van der Waals surface area contributed by atoms with Crippen molar-refractivity contribution < 1.29 is 9.53 Å². The van der Waals surface area contributed by atoms with E-state index in [4.69, 9.17) is 9.72 Å². The molecule has 4 heteroatoms. The molecule has 0 aliphatic rings. The van der Waals surface area contributed by atoms with Crippen LogP contribution in [0.3, 0.4) is 0 Å². The molecule has 116 valence electrons. The molecular formula is C19H18N2O2. The number of nitrogens with one attached hydrogen (secondary N) is 1. The number of hydrogen-bond acceptors (Lipinski definition) is 3. The number of pyridine rings is 1. The Hall–Kier alpha value is -2.88. The van der Waals surface area contributed by atoms with Gasteiger partial charge >= 0.3 is 0 Å². The number of aromatic nitrogens is 1. The van der Waals surface area contributed by atoms with Crippen LogP contribution in [-0.2, 0) is 4.79 Å². The molecule has 1 N–H and O–H groups in total. The first-order valence-corrected chi connectivity index (χ1v) is 7.58. The van der Waals surface area contributed by atoms with Gasteiger partial charge in [0.2, 0.25) is 5.91 Å². The maximum absolute atomic E-state index is 11.2. The molecule has 3 aromatic rings. The zero-order valence-electron chi connectivity index (χ0n) is 13.2. The van der Waals surface area contributed by atoms with Gasteiger partial charge in [-0.25, -0.2) is 4.98 Å². The van der Waals surface area contributed by atoms with Gasteiger partial charge in [-0.15, -0.1) is 0 Å². The van der Waals surface area contributed by atoms with Gasteiger partial charge in [0.1, 0.15) is 5.75 Å². The molecule has 0 aliphatic heterocycles. The second-order valence-corrected chi connectivity index (χ2v) is 5.22. The summed E-state index contributed by atoms with van der Waals surface area (Å²) in [5, 5.41) is 3.68. The minimum Gasteiger partial charge on any atom is -0.493 e. The Labute approximate surface area is 135 Å². The van der Waals surface area contributed by atoms with Gasteiger partial charge in [-0.1, -0.05) is 30.3 Å². The monoisotopic (exact) mass is 306 g/mol. The first-order valence-electron chi connectivity index (χ1n) is 7.58. The summed E-state index contributed by atoms with van der Waals surface area (Å²) >= 11 is 0. The van der Waals surface area contributed by atoms with Crippen molar-refractivity contribution in [1.82, 2.24) is 4.98 Å². The number of anilines is 1. The van der Waals surface area contributed by atoms with E-state index in [1.54, 1.807) is 0 Å². The number of hydrogen-bond donors (Lipinski definition) is 1. The number of rotatable bonds is 4. The van der Waals surface area contributed by atoms with Crippen LogP contribution in [0.4, 0.5) is 5.69 Å². The molecule has 0 atom stereocenters. The molecule has 0 aliphatic carbocycles. The van der Waals surface area contributed by atoms with Crippen molar-refractivity contribution >= 4 is 22.5 Å². The van der Waals surface area contributed by atoms with Gasteiger partial charge in [-0.2, -0.15) is 0 Å². The Morgan fingerprint density at radius 2 is 1.91 bits per heavy atom. The molecule has 1 amide bonds. The SMILES string of the molecule is CCOc1cc(-c2ccccc2)nc2ccc(NC(C)=O)cc12. The van der Waals surface area contributed by atoms with Crippen LogP contribution in [0.15, 0.2) is 54.6 Å². The van der Waals surface area contributed by atoms with Crippen molar-refractivity contribution in [1.29, 1.82) is 0 Å². The van der Waals surface area contributed by atoms with Crippen LogP contribution in [0.1, 0.15) is 13.8 Å². The van der Waals surface area contributed by atoms with Gasteiger partial charge < -0.3 is 10.1 Å². The summed E-state index contributed by atoms with van der Waals surface area (Å²) in [5.41, 5.74) is 3.49. The first-order chi connectivity index (χ1) is 11.2. The van der Waals surface area contributed by atoms with Crippen molar-refractivity contribution in [3.63, 3.8) is 0 Å². The molecule has 0 fully saturated rings. The summed E-state index contributed by atoms with van der Waals surface area (Å²) in [6.45, 7) is 4.01.